The molecule has 1 aromatic rings. The van der Waals surface area contributed by atoms with Gasteiger partial charge in [0, 0.05) is 5.69 Å². The summed E-state index contributed by atoms with van der Waals surface area (Å²) in [6.07, 6.45) is 2.63. The molecule has 3 nitrogen and oxygen atoms in total. The Balaban J connectivity index is 2.02. The third-order valence-electron chi connectivity index (χ3n) is 3.39. The molecule has 15 heavy (non-hydrogen) atoms. The maximum absolute atomic E-state index is 4.58. The first-order valence-electron chi connectivity index (χ1n) is 5.96. The molecule has 0 spiro atoms. The topological polar surface area (TPSA) is 29.9 Å². The van der Waals surface area contributed by atoms with Gasteiger partial charge in [-0.05, 0) is 51.8 Å². The second-order valence-corrected chi connectivity index (χ2v) is 4.58. The average molecular weight is 207 g/mol. The summed E-state index contributed by atoms with van der Waals surface area (Å²) < 4.78 is 2.22. The largest absolute Gasteiger partial charge is 0.317 e. The lowest BCUT2D eigenvalue weighted by atomic mass is 9.79. The average Bonchev–Trinajstić information content (AvgIpc) is 2.45. The third kappa shape index (κ3) is 2.07. The summed E-state index contributed by atoms with van der Waals surface area (Å²) in [6.45, 7) is 8.60. The quantitative estimate of drug-likeness (QED) is 0.819. The van der Waals surface area contributed by atoms with Crippen LogP contribution in [0.4, 0.5) is 0 Å². The normalized spacial score (nSPS) is 25.3. The highest BCUT2D eigenvalue weighted by Gasteiger charge is 2.33. The van der Waals surface area contributed by atoms with E-state index in [1.54, 1.807) is 0 Å². The predicted octanol–water partition coefficient (Wildman–Crippen LogP) is 2.06. The molecular formula is C12H21N3. The number of aromatic nitrogens is 2. The van der Waals surface area contributed by atoms with E-state index in [1.165, 1.54) is 18.5 Å². The molecule has 1 fully saturated rings. The highest BCUT2D eigenvalue weighted by Crippen LogP contribution is 2.38. The van der Waals surface area contributed by atoms with E-state index < -0.39 is 0 Å². The third-order valence-corrected chi connectivity index (χ3v) is 3.39. The van der Waals surface area contributed by atoms with Gasteiger partial charge in [-0.25, -0.2) is 0 Å². The van der Waals surface area contributed by atoms with Crippen molar-refractivity contribution in [3.8, 4) is 0 Å². The van der Waals surface area contributed by atoms with Crippen molar-refractivity contribution in [1.29, 1.82) is 0 Å². The Kier molecular flexibility index (Phi) is 3.10. The first-order valence-corrected chi connectivity index (χ1v) is 5.96. The monoisotopic (exact) mass is 207 g/mol. The van der Waals surface area contributed by atoms with Crippen LogP contribution in [0.25, 0.3) is 0 Å². The standard InChI is InChI=1S/C12H21N3/c1-4-13-8-11-5-6-12(11)15-10(3)7-9(2)14-15/h7,11-13H,4-6,8H2,1-3H3. The molecule has 0 amide bonds. The lowest BCUT2D eigenvalue weighted by Crippen LogP contribution is -2.37. The summed E-state index contributed by atoms with van der Waals surface area (Å²) in [6, 6.07) is 2.81. The van der Waals surface area contributed by atoms with Gasteiger partial charge < -0.3 is 5.32 Å². The van der Waals surface area contributed by atoms with Crippen LogP contribution in [0.15, 0.2) is 6.07 Å². The van der Waals surface area contributed by atoms with Crippen molar-refractivity contribution in [2.45, 2.75) is 39.7 Å². The number of hydrogen-bond acceptors (Lipinski definition) is 2. The molecule has 1 aliphatic rings. The Labute approximate surface area is 91.9 Å². The fourth-order valence-corrected chi connectivity index (χ4v) is 2.42. The molecule has 0 aliphatic heterocycles. The van der Waals surface area contributed by atoms with E-state index in [-0.39, 0.29) is 0 Å². The van der Waals surface area contributed by atoms with Crippen molar-refractivity contribution in [1.82, 2.24) is 15.1 Å². The molecule has 1 heterocycles. The molecule has 0 aromatic carbocycles. The van der Waals surface area contributed by atoms with Gasteiger partial charge in [0.05, 0.1) is 11.7 Å². The van der Waals surface area contributed by atoms with Crippen LogP contribution in [0.5, 0.6) is 0 Å². The first-order chi connectivity index (χ1) is 7.22. The molecule has 2 unspecified atom stereocenters. The van der Waals surface area contributed by atoms with Gasteiger partial charge in [0.2, 0.25) is 0 Å². The van der Waals surface area contributed by atoms with Gasteiger partial charge >= 0.3 is 0 Å². The summed E-state index contributed by atoms with van der Waals surface area (Å²) in [5, 5.41) is 8.01. The maximum atomic E-state index is 4.58. The number of hydrogen-bond donors (Lipinski definition) is 1. The number of nitrogens with zero attached hydrogens (tertiary/aromatic N) is 2. The molecule has 0 radical (unpaired) electrons. The van der Waals surface area contributed by atoms with Crippen molar-refractivity contribution < 1.29 is 0 Å². The highest BCUT2D eigenvalue weighted by atomic mass is 15.3. The summed E-state index contributed by atoms with van der Waals surface area (Å²) in [5.74, 6) is 0.781. The van der Waals surface area contributed by atoms with Crippen LogP contribution in [-0.2, 0) is 0 Å². The molecule has 1 N–H and O–H groups in total. The number of rotatable bonds is 4. The Morgan fingerprint density at radius 1 is 1.47 bits per heavy atom. The van der Waals surface area contributed by atoms with Gasteiger partial charge in [0.15, 0.2) is 0 Å². The van der Waals surface area contributed by atoms with Gasteiger partial charge in [-0.15, -0.1) is 0 Å². The second-order valence-electron chi connectivity index (χ2n) is 4.58. The van der Waals surface area contributed by atoms with Crippen molar-refractivity contribution >= 4 is 0 Å². The van der Waals surface area contributed by atoms with Crippen LogP contribution in [0.2, 0.25) is 0 Å². The van der Waals surface area contributed by atoms with E-state index in [9.17, 15) is 0 Å². The molecule has 1 aromatic heterocycles. The molecule has 3 heteroatoms. The van der Waals surface area contributed by atoms with E-state index in [1.807, 2.05) is 0 Å². The van der Waals surface area contributed by atoms with Gasteiger partial charge in [-0.3, -0.25) is 4.68 Å². The Bertz CT molecular complexity index is 330. The first kappa shape index (κ1) is 10.7. The lowest BCUT2D eigenvalue weighted by Gasteiger charge is -2.37. The molecular weight excluding hydrogens is 186 g/mol. The molecule has 1 aliphatic carbocycles. The van der Waals surface area contributed by atoms with Crippen LogP contribution in [0, 0.1) is 19.8 Å². The number of aryl methyl sites for hydroxylation is 2. The smallest absolute Gasteiger partial charge is 0.0596 e. The van der Waals surface area contributed by atoms with Crippen LogP contribution in [-0.4, -0.2) is 22.9 Å². The zero-order chi connectivity index (χ0) is 10.8. The summed E-state index contributed by atoms with van der Waals surface area (Å²) in [5.41, 5.74) is 2.44. The summed E-state index contributed by atoms with van der Waals surface area (Å²) in [7, 11) is 0. The molecule has 2 atom stereocenters. The second kappa shape index (κ2) is 4.35. The lowest BCUT2D eigenvalue weighted by molar-refractivity contribution is 0.161. The van der Waals surface area contributed by atoms with Crippen LogP contribution >= 0.6 is 0 Å². The minimum absolute atomic E-state index is 0.637. The fraction of sp³-hybridized carbons (Fsp3) is 0.750. The minimum Gasteiger partial charge on any atom is -0.317 e. The van der Waals surface area contributed by atoms with Gasteiger partial charge in [0.1, 0.15) is 0 Å². The van der Waals surface area contributed by atoms with Crippen molar-refractivity contribution in [2.75, 3.05) is 13.1 Å². The molecule has 2 rings (SSSR count). The molecule has 0 bridgehead atoms. The number of nitrogens with one attached hydrogen (secondary N) is 1. The Hall–Kier alpha value is -0.830. The highest BCUT2D eigenvalue weighted by molar-refractivity contribution is 5.09. The van der Waals surface area contributed by atoms with Crippen LogP contribution in [0.1, 0.15) is 37.2 Å². The van der Waals surface area contributed by atoms with E-state index in [2.05, 4.69) is 41.9 Å². The van der Waals surface area contributed by atoms with Crippen molar-refractivity contribution in [3.63, 3.8) is 0 Å². The molecule has 84 valence electrons. The summed E-state index contributed by atoms with van der Waals surface area (Å²) >= 11 is 0. The van der Waals surface area contributed by atoms with Crippen molar-refractivity contribution in [2.24, 2.45) is 5.92 Å². The van der Waals surface area contributed by atoms with Crippen LogP contribution in [0.3, 0.4) is 0 Å². The summed E-state index contributed by atoms with van der Waals surface area (Å²) in [4.78, 5) is 0. The van der Waals surface area contributed by atoms with Gasteiger partial charge in [-0.1, -0.05) is 6.92 Å². The van der Waals surface area contributed by atoms with Gasteiger partial charge in [0.25, 0.3) is 0 Å². The van der Waals surface area contributed by atoms with E-state index in [4.69, 9.17) is 0 Å². The van der Waals surface area contributed by atoms with Crippen molar-refractivity contribution in [3.05, 3.63) is 17.5 Å². The minimum atomic E-state index is 0.637. The van der Waals surface area contributed by atoms with Gasteiger partial charge in [-0.2, -0.15) is 5.10 Å². The van der Waals surface area contributed by atoms with E-state index in [0.717, 1.165) is 24.7 Å². The predicted molar refractivity (Wildman–Crippen MR) is 62.0 cm³/mol. The van der Waals surface area contributed by atoms with Crippen LogP contribution < -0.4 is 5.32 Å². The van der Waals surface area contributed by atoms with E-state index in [0.29, 0.717) is 6.04 Å². The maximum Gasteiger partial charge on any atom is 0.0596 e. The molecule has 1 saturated carbocycles. The Morgan fingerprint density at radius 2 is 2.27 bits per heavy atom. The Morgan fingerprint density at radius 3 is 2.73 bits per heavy atom. The molecule has 0 saturated heterocycles. The fourth-order valence-electron chi connectivity index (χ4n) is 2.42. The zero-order valence-corrected chi connectivity index (χ0v) is 9.95. The van der Waals surface area contributed by atoms with E-state index >= 15 is 0 Å². The SMILES string of the molecule is CCNCC1CCC1n1nc(C)cc1C. The zero-order valence-electron chi connectivity index (χ0n) is 9.95.